The van der Waals surface area contributed by atoms with E-state index in [9.17, 15) is 19.5 Å². The number of benzene rings is 2. The van der Waals surface area contributed by atoms with Crippen LogP contribution in [0.2, 0.25) is 0 Å². The fraction of sp³-hybridized carbons (Fsp3) is 0.462. The van der Waals surface area contributed by atoms with Crippen molar-refractivity contribution in [2.45, 2.75) is 103 Å². The molecule has 5 atom stereocenters. The van der Waals surface area contributed by atoms with Crippen LogP contribution in [0, 0.1) is 5.92 Å². The molecule has 13 heteroatoms. The average molecular weight is 708 g/mol. The number of carbonyl (C=O) groups is 3. The molecule has 13 nitrogen and oxygen atoms in total. The van der Waals surface area contributed by atoms with Crippen LogP contribution in [0.1, 0.15) is 93.9 Å². The lowest BCUT2D eigenvalue weighted by molar-refractivity contribution is -0.137. The summed E-state index contributed by atoms with van der Waals surface area (Å²) in [5.74, 6) is 2.01. The van der Waals surface area contributed by atoms with Crippen molar-refractivity contribution in [2.24, 2.45) is 5.92 Å². The number of hydrogen-bond donors (Lipinski definition) is 4. The number of amides is 3. The van der Waals surface area contributed by atoms with Gasteiger partial charge in [0.05, 0.1) is 36.8 Å². The number of rotatable bonds is 6. The van der Waals surface area contributed by atoms with Gasteiger partial charge >= 0.3 is 12.2 Å². The zero-order valence-corrected chi connectivity index (χ0v) is 30.2. The zero-order chi connectivity index (χ0) is 36.4. The van der Waals surface area contributed by atoms with Crippen LogP contribution in [0.5, 0.6) is 5.75 Å². The van der Waals surface area contributed by atoms with Crippen LogP contribution in [0.25, 0.3) is 33.6 Å². The normalized spacial score (nSPS) is 22.3. The zero-order valence-electron chi connectivity index (χ0n) is 30.2. The molecule has 272 valence electrons. The molecule has 2 aromatic heterocycles. The van der Waals surface area contributed by atoms with E-state index < -0.39 is 18.2 Å². The number of imidazole rings is 2. The van der Waals surface area contributed by atoms with Crippen LogP contribution in [0.15, 0.2) is 36.5 Å². The molecule has 8 rings (SSSR count). The monoisotopic (exact) mass is 707 g/mol. The van der Waals surface area contributed by atoms with Gasteiger partial charge in [0, 0.05) is 28.9 Å². The van der Waals surface area contributed by atoms with E-state index in [2.05, 4.69) is 50.6 Å². The summed E-state index contributed by atoms with van der Waals surface area (Å²) in [6.07, 6.45) is 5.07. The third-order valence-corrected chi connectivity index (χ3v) is 11.4. The Hall–Kier alpha value is -5.33. The predicted molar refractivity (Wildman–Crippen MR) is 193 cm³/mol. The van der Waals surface area contributed by atoms with E-state index in [4.69, 9.17) is 14.5 Å². The molecule has 0 bridgehead atoms. The summed E-state index contributed by atoms with van der Waals surface area (Å²) in [5, 5.41) is 12.5. The highest BCUT2D eigenvalue weighted by atomic mass is 16.5. The Balaban J connectivity index is 1.05. The summed E-state index contributed by atoms with van der Waals surface area (Å²) in [7, 11) is 1.30. The van der Waals surface area contributed by atoms with Gasteiger partial charge in [0.2, 0.25) is 5.91 Å². The molecular formula is C39H45N7O6. The van der Waals surface area contributed by atoms with E-state index in [1.807, 2.05) is 32.6 Å². The van der Waals surface area contributed by atoms with Crippen LogP contribution in [-0.4, -0.2) is 78.2 Å². The van der Waals surface area contributed by atoms with Gasteiger partial charge in [-0.15, -0.1) is 0 Å². The number of carboxylic acid groups (broad SMARTS) is 1. The fourth-order valence-corrected chi connectivity index (χ4v) is 8.64. The summed E-state index contributed by atoms with van der Waals surface area (Å²) in [6.45, 7) is 8.23. The second-order valence-electron chi connectivity index (χ2n) is 15.0. The Morgan fingerprint density at radius 3 is 2.40 bits per heavy atom. The summed E-state index contributed by atoms with van der Waals surface area (Å²) < 4.78 is 11.2. The molecule has 2 unspecified atom stereocenters. The van der Waals surface area contributed by atoms with Crippen LogP contribution in [-0.2, 0) is 29.0 Å². The van der Waals surface area contributed by atoms with Crippen molar-refractivity contribution in [1.29, 1.82) is 0 Å². The number of hydrogen-bond acceptors (Lipinski definition) is 7. The Morgan fingerprint density at radius 1 is 0.923 bits per heavy atom. The molecule has 0 spiro atoms. The fourth-order valence-electron chi connectivity index (χ4n) is 8.64. The van der Waals surface area contributed by atoms with Gasteiger partial charge in [0.15, 0.2) is 0 Å². The molecule has 4 aliphatic rings. The molecule has 0 saturated carbocycles. The molecule has 1 aliphatic carbocycles. The standard InChI is InChI=1S/C39H45N7O6/c1-19(2)33(44-38(48)51-5)37(47)45-20(3)6-13-31(45)36-41-28-11-9-22-15-27-25-10-8-23(14-24(25)18-52-32(27)16-26(22)34(28)43-36)29-17-40-35(42-29)30-12-7-21(4)46(30)39(49)50/h8,10,14-17,19-21,30-31,33H,6-7,9,11-13,18H2,1-5H3,(H,40,42)(H,41,43)(H,44,48)(H,49,50)/t20-,21?,30?,31-,33-/m0/s1. The number of ether oxygens (including phenoxy) is 2. The third kappa shape index (κ3) is 5.66. The van der Waals surface area contributed by atoms with Gasteiger partial charge in [-0.3, -0.25) is 9.69 Å². The maximum absolute atomic E-state index is 13.9. The summed E-state index contributed by atoms with van der Waals surface area (Å²) >= 11 is 0. The molecule has 4 aromatic rings. The number of nitrogens with zero attached hydrogens (tertiary/aromatic N) is 4. The second kappa shape index (κ2) is 13.0. The van der Waals surface area contributed by atoms with Gasteiger partial charge < -0.3 is 34.8 Å². The Kier molecular flexibility index (Phi) is 8.46. The van der Waals surface area contributed by atoms with E-state index in [1.54, 1.807) is 6.20 Å². The molecule has 2 fully saturated rings. The maximum Gasteiger partial charge on any atom is 0.408 e. The summed E-state index contributed by atoms with van der Waals surface area (Å²) in [6, 6.07) is 9.43. The number of methoxy groups -OCH3 is 1. The average Bonchev–Trinajstić information content (AvgIpc) is 3.94. The molecule has 5 heterocycles. The van der Waals surface area contributed by atoms with Gasteiger partial charge in [-0.1, -0.05) is 26.0 Å². The largest absolute Gasteiger partial charge is 0.488 e. The molecule has 3 aliphatic heterocycles. The minimum Gasteiger partial charge on any atom is -0.488 e. The lowest BCUT2D eigenvalue weighted by Gasteiger charge is -2.32. The smallest absolute Gasteiger partial charge is 0.408 e. The summed E-state index contributed by atoms with van der Waals surface area (Å²) in [4.78, 5) is 58.0. The number of likely N-dealkylation sites (tertiary alicyclic amines) is 2. The van der Waals surface area contributed by atoms with E-state index in [0.717, 1.165) is 95.0 Å². The number of H-pyrrole nitrogens is 2. The molecule has 0 radical (unpaired) electrons. The number of nitrogens with one attached hydrogen (secondary N) is 3. The van der Waals surface area contributed by atoms with E-state index in [1.165, 1.54) is 17.6 Å². The number of carbonyl (C=O) groups excluding carboxylic acids is 2. The number of aromatic nitrogens is 4. The minimum atomic E-state index is -0.920. The number of aromatic amines is 2. The van der Waals surface area contributed by atoms with E-state index >= 15 is 0 Å². The SMILES string of the molecule is COC(=O)N[C@H](C(=O)N1[C@@H](C)CC[C@H]1c1nc2c([nH]1)CCc1cc3c(cc1-2)OCc1cc(-c2cnc(C4CCC(C)N4C(=O)O)[nH]2)ccc1-3)C(C)C. The van der Waals surface area contributed by atoms with Crippen LogP contribution in [0.4, 0.5) is 9.59 Å². The first-order valence-corrected chi connectivity index (χ1v) is 18.3. The third-order valence-electron chi connectivity index (χ3n) is 11.4. The first kappa shape index (κ1) is 33.8. The van der Waals surface area contributed by atoms with Gasteiger partial charge in [-0.25, -0.2) is 19.6 Å². The topological polar surface area (TPSA) is 166 Å². The van der Waals surface area contributed by atoms with Crippen molar-refractivity contribution in [3.05, 3.63) is 65.0 Å². The van der Waals surface area contributed by atoms with Crippen LogP contribution in [0.3, 0.4) is 0 Å². The molecule has 3 amide bonds. The number of fused-ring (bicyclic) bond motifs is 6. The molecule has 4 N–H and O–H groups in total. The van der Waals surface area contributed by atoms with Gasteiger partial charge in [0.25, 0.3) is 0 Å². The number of alkyl carbamates (subject to hydrolysis) is 1. The van der Waals surface area contributed by atoms with E-state index in [-0.39, 0.29) is 36.0 Å². The molecule has 52 heavy (non-hydrogen) atoms. The Labute approximate surface area is 302 Å². The first-order chi connectivity index (χ1) is 25.0. The van der Waals surface area contributed by atoms with Gasteiger partial charge in [-0.2, -0.15) is 0 Å². The second-order valence-corrected chi connectivity index (χ2v) is 15.0. The lowest BCUT2D eigenvalue weighted by atomic mass is 9.86. The molecule has 2 saturated heterocycles. The lowest BCUT2D eigenvalue weighted by Crippen LogP contribution is -2.52. The van der Waals surface area contributed by atoms with Crippen molar-refractivity contribution < 1.29 is 29.0 Å². The van der Waals surface area contributed by atoms with Crippen molar-refractivity contribution in [1.82, 2.24) is 35.1 Å². The molecule has 2 aromatic carbocycles. The van der Waals surface area contributed by atoms with Crippen molar-refractivity contribution in [2.75, 3.05) is 7.11 Å². The van der Waals surface area contributed by atoms with Crippen molar-refractivity contribution >= 4 is 18.1 Å². The minimum absolute atomic E-state index is 0.00217. The highest BCUT2D eigenvalue weighted by molar-refractivity contribution is 5.87. The van der Waals surface area contributed by atoms with Crippen LogP contribution >= 0.6 is 0 Å². The number of aryl methyl sites for hydroxylation is 2. The van der Waals surface area contributed by atoms with Gasteiger partial charge in [-0.05, 0) is 98.7 Å². The summed E-state index contributed by atoms with van der Waals surface area (Å²) in [5.41, 5.74) is 9.26. The van der Waals surface area contributed by atoms with Crippen molar-refractivity contribution in [3.63, 3.8) is 0 Å². The first-order valence-electron chi connectivity index (χ1n) is 18.3. The Morgan fingerprint density at radius 2 is 1.67 bits per heavy atom. The van der Waals surface area contributed by atoms with Crippen molar-refractivity contribution in [3.8, 4) is 39.4 Å². The van der Waals surface area contributed by atoms with Gasteiger partial charge in [0.1, 0.15) is 30.0 Å². The highest BCUT2D eigenvalue weighted by Crippen LogP contribution is 2.46. The van der Waals surface area contributed by atoms with Crippen LogP contribution < -0.4 is 10.1 Å². The molecular weight excluding hydrogens is 662 g/mol. The predicted octanol–water partition coefficient (Wildman–Crippen LogP) is 6.76. The van der Waals surface area contributed by atoms with E-state index in [0.29, 0.717) is 12.4 Å². The quantitative estimate of drug-likeness (QED) is 0.171. The Bertz CT molecular complexity index is 2070. The highest BCUT2D eigenvalue weighted by Gasteiger charge is 2.42. The maximum atomic E-state index is 13.9.